The molecule has 0 radical (unpaired) electrons. The molecule has 180 valence electrons. The van der Waals surface area contributed by atoms with Crippen LogP contribution in [0.2, 0.25) is 15.1 Å². The van der Waals surface area contributed by atoms with Gasteiger partial charge in [-0.2, -0.15) is 0 Å². The molecule has 0 aliphatic heterocycles. The smallest absolute Gasteiger partial charge is 1.00 e. The predicted molar refractivity (Wildman–Crippen MR) is 111 cm³/mol. The molecule has 33 heavy (non-hydrogen) atoms. The van der Waals surface area contributed by atoms with E-state index in [9.17, 15) is 0 Å². The van der Waals surface area contributed by atoms with Crippen LogP contribution in [0.3, 0.4) is 0 Å². The van der Waals surface area contributed by atoms with E-state index in [2.05, 4.69) is 0 Å². The van der Waals surface area contributed by atoms with Crippen LogP contribution in [0.25, 0.3) is 0 Å². The standard InChI is InChI=1S/3C6H4Cl.9ClH.3Sn/c3*7-6-4-2-1-3-5-6;;;;;;;;;;;;/h3*2-5H;9*1H;;;/q;;;;;;;;;;;;3*+3/p-9. The van der Waals surface area contributed by atoms with Gasteiger partial charge in [0.25, 0.3) is 0 Å². The predicted octanol–water partition coefficient (Wildman–Crippen LogP) is -23.6. The van der Waals surface area contributed by atoms with Gasteiger partial charge in [0.15, 0.2) is 0 Å². The van der Waals surface area contributed by atoms with Crippen molar-refractivity contribution in [2.24, 2.45) is 0 Å². The summed E-state index contributed by atoms with van der Waals surface area (Å²) < 4.78 is 4.00. The van der Waals surface area contributed by atoms with Gasteiger partial charge in [0.2, 0.25) is 0 Å². The van der Waals surface area contributed by atoms with E-state index in [4.69, 9.17) is 34.8 Å². The van der Waals surface area contributed by atoms with Gasteiger partial charge < -0.3 is 112 Å². The van der Waals surface area contributed by atoms with Crippen molar-refractivity contribution in [3.63, 3.8) is 0 Å². The second-order valence-electron chi connectivity index (χ2n) is 4.52. The van der Waals surface area contributed by atoms with Gasteiger partial charge in [-0.15, -0.1) is 0 Å². The summed E-state index contributed by atoms with van der Waals surface area (Å²) in [7, 11) is 0. The Morgan fingerprint density at radius 2 is 0.424 bits per heavy atom. The van der Waals surface area contributed by atoms with Gasteiger partial charge in [-0.05, 0) is 0 Å². The van der Waals surface area contributed by atoms with E-state index in [-0.39, 0.29) is 112 Å². The molecule has 0 saturated heterocycles. The van der Waals surface area contributed by atoms with E-state index >= 15 is 0 Å². The Bertz CT molecular complexity index is 564. The van der Waals surface area contributed by atoms with Crippen LogP contribution < -0.4 is 122 Å². The summed E-state index contributed by atoms with van der Waals surface area (Å²) in [5, 5.41) is 2.45. The molecule has 0 saturated carbocycles. The van der Waals surface area contributed by atoms with Gasteiger partial charge in [0.1, 0.15) is 0 Å². The maximum absolute atomic E-state index is 5.62. The molecule has 0 spiro atoms. The summed E-state index contributed by atoms with van der Waals surface area (Å²) in [6.07, 6.45) is 0. The topological polar surface area (TPSA) is 0 Å². The quantitative estimate of drug-likeness (QED) is 0.197. The average molecular weight is 1010 g/mol. The number of benzene rings is 3. The molecule has 0 nitrogen and oxygen atoms in total. The van der Waals surface area contributed by atoms with Crippen LogP contribution in [0.1, 0.15) is 0 Å². The van der Waals surface area contributed by atoms with Gasteiger partial charge >= 0.3 is 201 Å². The molecule has 0 amide bonds. The minimum Gasteiger partial charge on any atom is -1.00 e. The molecule has 0 fully saturated rings. The second kappa shape index (κ2) is 37.7. The van der Waals surface area contributed by atoms with Crippen molar-refractivity contribution in [3.8, 4) is 0 Å². The molecule has 0 aliphatic rings. The maximum Gasteiger partial charge on any atom is -1.00 e. The van der Waals surface area contributed by atoms with Crippen LogP contribution in [0.15, 0.2) is 72.8 Å². The van der Waals surface area contributed by atoms with Crippen LogP contribution in [0, 0.1) is 0 Å². The monoisotopic (exact) mass is 1010 g/mol. The van der Waals surface area contributed by atoms with Crippen molar-refractivity contribution in [3.05, 3.63) is 87.9 Å². The van der Waals surface area contributed by atoms with Gasteiger partial charge in [0, 0.05) is 0 Å². The Balaban J connectivity index is -0.0000000329. The molecule has 15 heteroatoms. The van der Waals surface area contributed by atoms with Crippen LogP contribution in [-0.4, -0.2) is 67.6 Å². The van der Waals surface area contributed by atoms with Crippen molar-refractivity contribution >= 4 is 113 Å². The first-order chi connectivity index (χ1) is 11.4. The fourth-order valence-electron chi connectivity index (χ4n) is 1.35. The van der Waals surface area contributed by atoms with Crippen molar-refractivity contribution in [1.82, 2.24) is 0 Å². The van der Waals surface area contributed by atoms with E-state index in [1.807, 2.05) is 72.8 Å². The van der Waals surface area contributed by atoms with E-state index in [0.29, 0.717) is 0 Å². The average Bonchev–Trinajstić information content (AvgIpc) is 2.57. The fraction of sp³-hybridized carbons (Fsp3) is 0. The number of halogens is 12. The van der Waals surface area contributed by atoms with E-state index in [0.717, 1.165) is 15.1 Å². The third kappa shape index (κ3) is 35.5. The molecular formula is C18H12Cl12Sn3. The third-order valence-electron chi connectivity index (χ3n) is 2.53. The largest absolute Gasteiger partial charge is 1.00 e. The minimum atomic E-state index is 0. The molecule has 0 aliphatic carbocycles. The van der Waals surface area contributed by atoms with E-state index < -0.39 is 0 Å². The summed E-state index contributed by atoms with van der Waals surface area (Å²) in [6, 6.07) is 23.6. The molecule has 3 rings (SSSR count). The minimum absolute atomic E-state index is 0. The Morgan fingerprint density at radius 3 is 0.515 bits per heavy atom. The van der Waals surface area contributed by atoms with E-state index in [1.54, 1.807) is 0 Å². The fourth-order valence-corrected chi connectivity index (χ4v) is 3.15. The molecule has 3 aromatic rings. The molecule has 0 aromatic heterocycles. The molecular weight excluding hydrogens is 998 g/mol. The first-order valence-electron chi connectivity index (χ1n) is 6.78. The summed E-state index contributed by atoms with van der Waals surface area (Å²) >= 11 is 21.2. The van der Waals surface area contributed by atoms with Crippen molar-refractivity contribution < 1.29 is 112 Å². The Labute approximate surface area is 307 Å². The van der Waals surface area contributed by atoms with Crippen molar-refractivity contribution in [1.29, 1.82) is 0 Å². The first kappa shape index (κ1) is 60.8. The van der Waals surface area contributed by atoms with Crippen LogP contribution >= 0.6 is 34.8 Å². The Hall–Kier alpha value is 3.54. The van der Waals surface area contributed by atoms with Crippen LogP contribution in [0.5, 0.6) is 0 Å². The van der Waals surface area contributed by atoms with Crippen molar-refractivity contribution in [2.75, 3.05) is 0 Å². The summed E-state index contributed by atoms with van der Waals surface area (Å²) in [4.78, 5) is 0. The maximum atomic E-state index is 5.62. The molecule has 0 bridgehead atoms. The first-order valence-corrected chi connectivity index (χ1v) is 12.2. The SMILES string of the molecule is Clc1cc[c]([Sn+3])cc1.Clc1cc[c]([Sn+3])cc1.Clc1cc[c]([Sn+3])cc1.[Cl-].[Cl-].[Cl-].[Cl-].[Cl-].[Cl-].[Cl-].[Cl-].[Cl-]. The Morgan fingerprint density at radius 1 is 0.303 bits per heavy atom. The molecule has 3 aromatic carbocycles. The van der Waals surface area contributed by atoms with Crippen LogP contribution in [-0.2, 0) is 0 Å². The zero-order chi connectivity index (χ0) is 17.9. The second-order valence-corrected chi connectivity index (χ2v) is 10.8. The molecule has 0 N–H and O–H groups in total. The zero-order valence-corrected chi connectivity index (χ0v) is 33.6. The zero-order valence-electron chi connectivity index (χ0n) is 16.0. The number of rotatable bonds is 0. The molecule has 0 unspecified atom stereocenters. The van der Waals surface area contributed by atoms with Gasteiger partial charge in [-0.25, -0.2) is 0 Å². The van der Waals surface area contributed by atoms with Gasteiger partial charge in [-0.3, -0.25) is 0 Å². The number of hydrogen-bond donors (Lipinski definition) is 0. The van der Waals surface area contributed by atoms with Crippen molar-refractivity contribution in [2.45, 2.75) is 0 Å². The summed E-state index contributed by atoms with van der Waals surface area (Å²) in [6.45, 7) is 0. The number of hydrogen-bond acceptors (Lipinski definition) is 0. The van der Waals surface area contributed by atoms with Gasteiger partial charge in [-0.1, -0.05) is 0 Å². The van der Waals surface area contributed by atoms with E-state index in [1.165, 1.54) is 78.3 Å². The van der Waals surface area contributed by atoms with Gasteiger partial charge in [0.05, 0.1) is 0 Å². The normalized spacial score (nSPS) is 6.82. The third-order valence-corrected chi connectivity index (χ3v) is 6.14. The molecule has 0 atom stereocenters. The summed E-state index contributed by atoms with van der Waals surface area (Å²) in [5.74, 6) is 0. The Kier molecular flexibility index (Phi) is 69.5. The summed E-state index contributed by atoms with van der Waals surface area (Å²) in [5.41, 5.74) is 0. The molecule has 0 heterocycles. The van der Waals surface area contributed by atoms with Crippen LogP contribution in [0.4, 0.5) is 0 Å².